The fourth-order valence-electron chi connectivity index (χ4n) is 3.57. The van der Waals surface area contributed by atoms with Crippen molar-refractivity contribution in [1.29, 1.82) is 0 Å². The van der Waals surface area contributed by atoms with Crippen LogP contribution in [0.4, 0.5) is 0 Å². The van der Waals surface area contributed by atoms with Crippen LogP contribution in [0.2, 0.25) is 5.02 Å². The van der Waals surface area contributed by atoms with Crippen molar-refractivity contribution in [3.63, 3.8) is 0 Å². The van der Waals surface area contributed by atoms with Gasteiger partial charge in [-0.2, -0.15) is 0 Å². The molecule has 0 fully saturated rings. The molecular weight excluding hydrogens is 490 g/mol. The Kier molecular flexibility index (Phi) is 7.57. The maximum absolute atomic E-state index is 13.3. The van der Waals surface area contributed by atoms with Crippen LogP contribution in [0, 0.1) is 0 Å². The number of thioether (sulfide) groups is 1. The zero-order valence-electron chi connectivity index (χ0n) is 19.0. The lowest BCUT2D eigenvalue weighted by Crippen LogP contribution is -2.29. The number of esters is 1. The average Bonchev–Trinajstić information content (AvgIpc) is 3.37. The topological polar surface area (TPSA) is 103 Å². The van der Waals surface area contributed by atoms with Crippen LogP contribution in [-0.2, 0) is 16.1 Å². The number of aromatic nitrogens is 2. The first kappa shape index (κ1) is 24.6. The third-order valence-electron chi connectivity index (χ3n) is 5.32. The summed E-state index contributed by atoms with van der Waals surface area (Å²) in [5.41, 5.74) is 1.11. The Morgan fingerprint density at radius 1 is 1.20 bits per heavy atom. The van der Waals surface area contributed by atoms with Crippen molar-refractivity contribution < 1.29 is 18.7 Å². The first-order valence-corrected chi connectivity index (χ1v) is 12.1. The van der Waals surface area contributed by atoms with Crippen LogP contribution < -0.4 is 10.9 Å². The van der Waals surface area contributed by atoms with Gasteiger partial charge in [-0.1, -0.05) is 41.6 Å². The Bertz CT molecular complexity index is 1440. The molecule has 0 saturated heterocycles. The van der Waals surface area contributed by atoms with Gasteiger partial charge < -0.3 is 14.5 Å². The van der Waals surface area contributed by atoms with Crippen molar-refractivity contribution in [3.8, 4) is 0 Å². The van der Waals surface area contributed by atoms with Gasteiger partial charge in [-0.05, 0) is 48.9 Å². The zero-order chi connectivity index (χ0) is 24.9. The standard InChI is InChI=1S/C25H22ClN3O5S/c1-15(18-7-3-4-8-20(18)26)27-22(30)14-35-25-28-21-12-16(24(32)33-2)9-10-19(21)23(31)29(25)13-17-6-5-11-34-17/h3-12,15H,13-14H2,1-2H3,(H,27,30)/t15-/m0/s1. The number of benzene rings is 2. The number of methoxy groups -OCH3 is 1. The SMILES string of the molecule is COC(=O)c1ccc2c(=O)n(Cc3ccco3)c(SCC(=O)N[C@@H](C)c3ccccc3Cl)nc2c1. The molecular formula is C25H22ClN3O5S. The van der Waals surface area contributed by atoms with Gasteiger partial charge in [-0.15, -0.1) is 0 Å². The minimum atomic E-state index is -0.532. The molecule has 8 nitrogen and oxygen atoms in total. The van der Waals surface area contributed by atoms with Gasteiger partial charge in [-0.25, -0.2) is 9.78 Å². The summed E-state index contributed by atoms with van der Waals surface area (Å²) in [6.07, 6.45) is 1.52. The van der Waals surface area contributed by atoms with Gasteiger partial charge in [-0.3, -0.25) is 14.2 Å². The van der Waals surface area contributed by atoms with E-state index in [4.69, 9.17) is 20.8 Å². The van der Waals surface area contributed by atoms with Gasteiger partial charge in [0.15, 0.2) is 5.16 Å². The molecule has 0 aliphatic heterocycles. The number of amides is 1. The fraction of sp³-hybridized carbons (Fsp3) is 0.200. The molecule has 35 heavy (non-hydrogen) atoms. The molecule has 2 aromatic carbocycles. The maximum atomic E-state index is 13.3. The molecule has 0 aliphatic rings. The summed E-state index contributed by atoms with van der Waals surface area (Å²) in [5.74, 6) is -0.194. The summed E-state index contributed by atoms with van der Waals surface area (Å²) in [4.78, 5) is 42.6. The third kappa shape index (κ3) is 5.58. The number of carbonyl (C=O) groups excluding carboxylic acids is 2. The van der Waals surface area contributed by atoms with Gasteiger partial charge in [0.2, 0.25) is 5.91 Å². The molecule has 0 spiro atoms. The van der Waals surface area contributed by atoms with Gasteiger partial charge in [0.05, 0.1) is 48.2 Å². The molecule has 1 N–H and O–H groups in total. The van der Waals surface area contributed by atoms with E-state index in [2.05, 4.69) is 10.3 Å². The van der Waals surface area contributed by atoms with Gasteiger partial charge >= 0.3 is 5.97 Å². The van der Waals surface area contributed by atoms with Crippen molar-refractivity contribution in [2.24, 2.45) is 0 Å². The number of nitrogens with one attached hydrogen (secondary N) is 1. The van der Waals surface area contributed by atoms with Gasteiger partial charge in [0, 0.05) is 5.02 Å². The van der Waals surface area contributed by atoms with Crippen LogP contribution in [0.5, 0.6) is 0 Å². The monoisotopic (exact) mass is 511 g/mol. The Morgan fingerprint density at radius 2 is 2.00 bits per heavy atom. The molecule has 2 heterocycles. The summed E-state index contributed by atoms with van der Waals surface area (Å²) in [5, 5.41) is 4.14. The highest BCUT2D eigenvalue weighted by Crippen LogP contribution is 2.23. The normalized spacial score (nSPS) is 11.9. The maximum Gasteiger partial charge on any atom is 0.337 e. The number of hydrogen-bond acceptors (Lipinski definition) is 7. The molecule has 0 radical (unpaired) electrons. The third-order valence-corrected chi connectivity index (χ3v) is 6.64. The second-order valence-electron chi connectivity index (χ2n) is 7.69. The Hall–Kier alpha value is -3.56. The number of fused-ring (bicyclic) bond motifs is 1. The van der Waals surface area contributed by atoms with E-state index in [1.165, 1.54) is 30.1 Å². The smallest absolute Gasteiger partial charge is 0.337 e. The summed E-state index contributed by atoms with van der Waals surface area (Å²) >= 11 is 7.35. The molecule has 1 amide bonds. The summed E-state index contributed by atoms with van der Waals surface area (Å²) in [6.45, 7) is 1.99. The molecule has 4 rings (SSSR count). The predicted octanol–water partition coefficient (Wildman–Crippen LogP) is 4.45. The summed E-state index contributed by atoms with van der Waals surface area (Å²) in [6, 6.07) is 15.1. The first-order chi connectivity index (χ1) is 16.9. The number of carbonyl (C=O) groups is 2. The Morgan fingerprint density at radius 3 is 2.71 bits per heavy atom. The quantitative estimate of drug-likeness (QED) is 0.212. The van der Waals surface area contributed by atoms with E-state index in [0.717, 1.165) is 17.3 Å². The lowest BCUT2D eigenvalue weighted by Gasteiger charge is -2.16. The molecule has 180 valence electrons. The number of furan rings is 1. The van der Waals surface area contributed by atoms with Crippen molar-refractivity contribution in [1.82, 2.24) is 14.9 Å². The van der Waals surface area contributed by atoms with Crippen LogP contribution in [0.15, 0.2) is 75.2 Å². The highest BCUT2D eigenvalue weighted by molar-refractivity contribution is 7.99. The number of halogens is 1. The van der Waals surface area contributed by atoms with Crippen LogP contribution in [-0.4, -0.2) is 34.3 Å². The highest BCUT2D eigenvalue weighted by atomic mass is 35.5. The van der Waals surface area contributed by atoms with E-state index in [1.807, 2.05) is 25.1 Å². The van der Waals surface area contributed by atoms with E-state index >= 15 is 0 Å². The minimum absolute atomic E-state index is 0.0155. The molecule has 4 aromatic rings. The number of rotatable bonds is 8. The van der Waals surface area contributed by atoms with E-state index < -0.39 is 5.97 Å². The summed E-state index contributed by atoms with van der Waals surface area (Å²) in [7, 11) is 1.28. The lowest BCUT2D eigenvalue weighted by atomic mass is 10.1. The molecule has 0 bridgehead atoms. The molecule has 2 aromatic heterocycles. The second kappa shape index (κ2) is 10.8. The lowest BCUT2D eigenvalue weighted by molar-refractivity contribution is -0.119. The number of ether oxygens (including phenoxy) is 1. The van der Waals surface area contributed by atoms with E-state index in [0.29, 0.717) is 26.8 Å². The van der Waals surface area contributed by atoms with Crippen molar-refractivity contribution >= 4 is 46.1 Å². The number of hydrogen-bond donors (Lipinski definition) is 1. The van der Waals surface area contributed by atoms with Crippen molar-refractivity contribution in [2.75, 3.05) is 12.9 Å². The van der Waals surface area contributed by atoms with Gasteiger partial charge in [0.1, 0.15) is 5.76 Å². The predicted molar refractivity (Wildman–Crippen MR) is 134 cm³/mol. The van der Waals surface area contributed by atoms with Crippen molar-refractivity contribution in [3.05, 3.63) is 93.1 Å². The zero-order valence-corrected chi connectivity index (χ0v) is 20.6. The van der Waals surface area contributed by atoms with Crippen LogP contribution in [0.25, 0.3) is 10.9 Å². The molecule has 0 aliphatic carbocycles. The van der Waals surface area contributed by atoms with Crippen LogP contribution >= 0.6 is 23.4 Å². The van der Waals surface area contributed by atoms with Crippen LogP contribution in [0.3, 0.4) is 0 Å². The van der Waals surface area contributed by atoms with Crippen LogP contribution in [0.1, 0.15) is 34.6 Å². The highest BCUT2D eigenvalue weighted by Gasteiger charge is 2.18. The Labute approximate surface area is 210 Å². The second-order valence-corrected chi connectivity index (χ2v) is 9.04. The molecule has 0 unspecified atom stereocenters. The van der Waals surface area contributed by atoms with E-state index in [9.17, 15) is 14.4 Å². The molecule has 0 saturated carbocycles. The number of nitrogens with zero attached hydrogens (tertiary/aromatic N) is 2. The minimum Gasteiger partial charge on any atom is -0.467 e. The molecule has 10 heteroatoms. The van der Waals surface area contributed by atoms with E-state index in [1.54, 1.807) is 24.3 Å². The van der Waals surface area contributed by atoms with E-state index in [-0.39, 0.29) is 35.4 Å². The Balaban J connectivity index is 1.62. The van der Waals surface area contributed by atoms with Crippen molar-refractivity contribution in [2.45, 2.75) is 24.7 Å². The molecule has 1 atom stereocenters. The first-order valence-electron chi connectivity index (χ1n) is 10.7. The fourth-order valence-corrected chi connectivity index (χ4v) is 4.68. The average molecular weight is 512 g/mol. The van der Waals surface area contributed by atoms with Gasteiger partial charge in [0.25, 0.3) is 5.56 Å². The summed E-state index contributed by atoms with van der Waals surface area (Å²) < 4.78 is 11.6. The largest absolute Gasteiger partial charge is 0.467 e.